The molecule has 0 amide bonds. The number of hydrogen-bond acceptors (Lipinski definition) is 0. The van der Waals surface area contributed by atoms with Crippen LogP contribution in [0.5, 0.6) is 0 Å². The Hall–Kier alpha value is -1.20. The first-order valence-electron chi connectivity index (χ1n) is 13.0. The molecule has 0 radical (unpaired) electrons. The molecular formula is C33H30Br4. The quantitative estimate of drug-likeness (QED) is 0.0986. The summed E-state index contributed by atoms with van der Waals surface area (Å²) in [7, 11) is 0. The predicted octanol–water partition coefficient (Wildman–Crippen LogP) is 11.0. The zero-order valence-electron chi connectivity index (χ0n) is 20.8. The second-order valence-electron chi connectivity index (χ2n) is 9.82. The van der Waals surface area contributed by atoms with Gasteiger partial charge in [0.2, 0.25) is 0 Å². The van der Waals surface area contributed by atoms with Crippen LogP contribution in [0.2, 0.25) is 0 Å². The van der Waals surface area contributed by atoms with Crippen molar-refractivity contribution in [3.8, 4) is 11.1 Å². The minimum absolute atomic E-state index is 0.374. The molecule has 0 bridgehead atoms. The topological polar surface area (TPSA) is 0 Å². The van der Waals surface area contributed by atoms with Crippen molar-refractivity contribution in [2.45, 2.75) is 43.9 Å². The van der Waals surface area contributed by atoms with Crippen LogP contribution < -0.4 is 0 Å². The molecule has 0 aromatic heterocycles. The fraction of sp³-hybridized carbons (Fsp3) is 0.273. The molecule has 1 aliphatic carbocycles. The molecule has 0 spiro atoms. The Kier molecular flexibility index (Phi) is 9.12. The Morgan fingerprint density at radius 1 is 0.486 bits per heavy atom. The summed E-state index contributed by atoms with van der Waals surface area (Å²) in [5.41, 5.74) is 10.4. The average molecular weight is 746 g/mol. The maximum absolute atomic E-state index is 3.80. The molecule has 0 saturated heterocycles. The van der Waals surface area contributed by atoms with Crippen LogP contribution in [0, 0.1) is 0 Å². The molecule has 0 nitrogen and oxygen atoms in total. The molecule has 0 aliphatic heterocycles. The van der Waals surface area contributed by atoms with Crippen LogP contribution in [0.15, 0.2) is 93.9 Å². The van der Waals surface area contributed by atoms with Crippen molar-refractivity contribution >= 4 is 63.7 Å². The Bertz CT molecular complexity index is 1250. The maximum Gasteiger partial charge on any atom is 0.0714 e. The van der Waals surface area contributed by atoms with E-state index in [9.17, 15) is 0 Å². The van der Waals surface area contributed by atoms with E-state index in [1.165, 1.54) is 70.2 Å². The Labute approximate surface area is 254 Å². The van der Waals surface area contributed by atoms with E-state index in [1.807, 2.05) is 0 Å². The molecule has 190 valence electrons. The molecular weight excluding hydrogens is 716 g/mol. The lowest BCUT2D eigenvalue weighted by Gasteiger charge is -2.34. The van der Waals surface area contributed by atoms with Gasteiger partial charge in [0.05, 0.1) is 5.41 Å². The van der Waals surface area contributed by atoms with Gasteiger partial charge < -0.3 is 0 Å². The third kappa shape index (κ3) is 5.46. The third-order valence-corrected chi connectivity index (χ3v) is 9.64. The highest BCUT2D eigenvalue weighted by Gasteiger charge is 2.46. The van der Waals surface area contributed by atoms with E-state index in [-0.39, 0.29) is 5.41 Å². The number of halogens is 4. The van der Waals surface area contributed by atoms with Gasteiger partial charge in [-0.25, -0.2) is 0 Å². The van der Waals surface area contributed by atoms with Gasteiger partial charge in [-0.05, 0) is 107 Å². The second-order valence-corrected chi connectivity index (χ2v) is 13.2. The lowest BCUT2D eigenvalue weighted by Crippen LogP contribution is -2.28. The number of fused-ring (bicyclic) bond motifs is 3. The largest absolute Gasteiger partial charge is 0.0928 e. The summed E-state index contributed by atoms with van der Waals surface area (Å²) in [6.45, 7) is 0. The number of aryl methyl sites for hydroxylation is 2. The minimum atomic E-state index is -0.374. The summed E-state index contributed by atoms with van der Waals surface area (Å²) in [5, 5.41) is 2.13. The summed E-state index contributed by atoms with van der Waals surface area (Å²) in [6.07, 6.45) is 7.06. The summed E-state index contributed by atoms with van der Waals surface area (Å²) < 4.78 is 2.22. The molecule has 4 aromatic rings. The second kappa shape index (κ2) is 12.3. The molecule has 0 fully saturated rings. The van der Waals surface area contributed by atoms with Crippen molar-refractivity contribution in [2.24, 2.45) is 0 Å². The van der Waals surface area contributed by atoms with Crippen LogP contribution in [-0.4, -0.2) is 10.7 Å². The lowest BCUT2D eigenvalue weighted by atomic mass is 9.67. The van der Waals surface area contributed by atoms with Gasteiger partial charge in [-0.3, -0.25) is 0 Å². The van der Waals surface area contributed by atoms with Crippen LogP contribution in [-0.2, 0) is 18.3 Å². The fourth-order valence-corrected chi connectivity index (χ4v) is 7.26. The van der Waals surface area contributed by atoms with Crippen molar-refractivity contribution in [1.82, 2.24) is 0 Å². The normalized spacial score (nSPS) is 13.4. The van der Waals surface area contributed by atoms with Crippen molar-refractivity contribution in [1.29, 1.82) is 0 Å². The zero-order chi connectivity index (χ0) is 25.8. The first kappa shape index (κ1) is 27.4. The van der Waals surface area contributed by atoms with Gasteiger partial charge in [-0.2, -0.15) is 0 Å². The van der Waals surface area contributed by atoms with E-state index < -0.39 is 0 Å². The van der Waals surface area contributed by atoms with Crippen LogP contribution in [0.25, 0.3) is 11.1 Å². The van der Waals surface area contributed by atoms with Crippen LogP contribution in [0.4, 0.5) is 0 Å². The van der Waals surface area contributed by atoms with Gasteiger partial charge in [-0.1, -0.05) is 124 Å². The van der Waals surface area contributed by atoms with Crippen molar-refractivity contribution in [3.05, 3.63) is 127 Å². The number of benzene rings is 4. The summed E-state index contributed by atoms with van der Waals surface area (Å²) in [4.78, 5) is 0. The number of unbranched alkanes of at least 4 members (excludes halogenated alkanes) is 2. The van der Waals surface area contributed by atoms with Crippen molar-refractivity contribution < 1.29 is 0 Å². The van der Waals surface area contributed by atoms with Crippen LogP contribution >= 0.6 is 63.7 Å². The van der Waals surface area contributed by atoms with Gasteiger partial charge in [0, 0.05) is 19.6 Å². The average Bonchev–Trinajstić information content (AvgIpc) is 3.19. The lowest BCUT2D eigenvalue weighted by molar-refractivity contribution is 0.759. The summed E-state index contributed by atoms with van der Waals surface area (Å²) in [5.74, 6) is 0. The van der Waals surface area contributed by atoms with E-state index in [0.29, 0.717) is 0 Å². The first-order chi connectivity index (χ1) is 18.1. The molecule has 4 aromatic carbocycles. The van der Waals surface area contributed by atoms with Gasteiger partial charge in [-0.15, -0.1) is 0 Å². The predicted molar refractivity (Wildman–Crippen MR) is 173 cm³/mol. The standard InChI is InChI=1S/C33H30Br4/c34-19-3-1-5-23-7-11-25(12-8-23)33(26-13-9-24(10-14-26)6-2-4-20-35)31-21-27(36)15-17-29(31)30-18-16-28(37)22-32(30)33/h7-18,21-22H,1-6,19-20H2. The summed E-state index contributed by atoms with van der Waals surface area (Å²) in [6, 6.07) is 32.4. The van der Waals surface area contributed by atoms with Crippen LogP contribution in [0.1, 0.15) is 59.1 Å². The highest BCUT2D eigenvalue weighted by Crippen LogP contribution is 2.57. The molecule has 0 unspecified atom stereocenters. The van der Waals surface area contributed by atoms with E-state index >= 15 is 0 Å². The Morgan fingerprint density at radius 2 is 0.892 bits per heavy atom. The Balaban J connectivity index is 1.69. The van der Waals surface area contributed by atoms with Gasteiger partial charge in [0.25, 0.3) is 0 Å². The van der Waals surface area contributed by atoms with Crippen LogP contribution in [0.3, 0.4) is 0 Å². The van der Waals surface area contributed by atoms with E-state index in [4.69, 9.17) is 0 Å². The maximum atomic E-state index is 3.80. The van der Waals surface area contributed by atoms with E-state index in [1.54, 1.807) is 0 Å². The number of rotatable bonds is 10. The number of alkyl halides is 2. The monoisotopic (exact) mass is 742 g/mol. The molecule has 1 aliphatic rings. The number of hydrogen-bond donors (Lipinski definition) is 0. The highest BCUT2D eigenvalue weighted by atomic mass is 79.9. The molecule has 37 heavy (non-hydrogen) atoms. The van der Waals surface area contributed by atoms with E-state index in [2.05, 4.69) is 149 Å². The third-order valence-electron chi connectivity index (χ3n) is 7.53. The molecule has 0 N–H and O–H groups in total. The zero-order valence-corrected chi connectivity index (χ0v) is 27.1. The van der Waals surface area contributed by atoms with Crippen molar-refractivity contribution in [2.75, 3.05) is 10.7 Å². The first-order valence-corrected chi connectivity index (χ1v) is 16.8. The molecule has 0 atom stereocenters. The SMILES string of the molecule is BrCCCCc1ccc(C2(c3ccc(CCCCBr)cc3)c3cc(Br)ccc3-c3ccc(Br)cc32)cc1. The molecule has 5 rings (SSSR count). The minimum Gasteiger partial charge on any atom is -0.0928 e. The summed E-state index contributed by atoms with van der Waals surface area (Å²) >= 11 is 14.7. The Morgan fingerprint density at radius 3 is 1.27 bits per heavy atom. The molecule has 0 heterocycles. The fourth-order valence-electron chi connectivity index (χ4n) is 5.75. The molecule has 0 saturated carbocycles. The smallest absolute Gasteiger partial charge is 0.0714 e. The van der Waals surface area contributed by atoms with Gasteiger partial charge in [0.15, 0.2) is 0 Å². The van der Waals surface area contributed by atoms with E-state index in [0.717, 1.165) is 32.4 Å². The van der Waals surface area contributed by atoms with Gasteiger partial charge >= 0.3 is 0 Å². The van der Waals surface area contributed by atoms with Crippen molar-refractivity contribution in [3.63, 3.8) is 0 Å². The highest BCUT2D eigenvalue weighted by molar-refractivity contribution is 9.11. The molecule has 4 heteroatoms. The van der Waals surface area contributed by atoms with Gasteiger partial charge in [0.1, 0.15) is 0 Å².